The van der Waals surface area contributed by atoms with Crippen LogP contribution in [-0.2, 0) is 21.7 Å². The molecule has 0 saturated heterocycles. The van der Waals surface area contributed by atoms with E-state index >= 15 is 0 Å². The van der Waals surface area contributed by atoms with Gasteiger partial charge in [0, 0.05) is 5.69 Å². The monoisotopic (exact) mass is 375 g/mol. The Morgan fingerprint density at radius 1 is 0.857 bits per heavy atom. The molecule has 1 N–H and O–H groups in total. The molecule has 1 atom stereocenters. The molecule has 0 heterocycles. The van der Waals surface area contributed by atoms with Gasteiger partial charge in [-0.1, -0.05) is 78.9 Å². The molecule has 0 saturated carbocycles. The number of benzene rings is 3. The number of carbonyl (C=O) groups excluding carboxylic acids is 1. The summed E-state index contributed by atoms with van der Waals surface area (Å²) in [5.74, 6) is -1.15. The SMILES string of the molecule is CC(C(=O)O)(c1ccccc1)N(C(=O)OCc1ccccc1)c1ccccc1. The molecule has 1 unspecified atom stereocenters. The van der Waals surface area contributed by atoms with E-state index in [-0.39, 0.29) is 6.61 Å². The van der Waals surface area contributed by atoms with E-state index in [0.29, 0.717) is 11.3 Å². The summed E-state index contributed by atoms with van der Waals surface area (Å²) in [6, 6.07) is 26.6. The molecular weight excluding hydrogens is 354 g/mol. The summed E-state index contributed by atoms with van der Waals surface area (Å²) in [6.45, 7) is 1.55. The number of para-hydroxylation sites is 1. The van der Waals surface area contributed by atoms with Crippen molar-refractivity contribution in [2.45, 2.75) is 19.1 Å². The van der Waals surface area contributed by atoms with Crippen LogP contribution >= 0.6 is 0 Å². The fourth-order valence-corrected chi connectivity index (χ4v) is 3.02. The molecule has 5 heteroatoms. The predicted octanol–water partition coefficient (Wildman–Crippen LogP) is 4.83. The minimum atomic E-state index is -1.64. The molecule has 0 aliphatic rings. The third-order valence-electron chi connectivity index (χ3n) is 4.60. The standard InChI is InChI=1S/C23H21NO4/c1-23(21(25)26,19-13-7-3-8-14-19)24(20-15-9-4-10-16-20)22(27)28-17-18-11-5-2-6-12-18/h2-16H,17H2,1H3,(H,25,26). The number of carbonyl (C=O) groups is 2. The molecule has 0 aliphatic heterocycles. The number of nitrogens with zero attached hydrogens (tertiary/aromatic N) is 1. The number of hydrogen-bond acceptors (Lipinski definition) is 3. The second-order valence-electron chi connectivity index (χ2n) is 6.45. The van der Waals surface area contributed by atoms with Gasteiger partial charge < -0.3 is 9.84 Å². The van der Waals surface area contributed by atoms with E-state index in [1.165, 1.54) is 11.8 Å². The minimum absolute atomic E-state index is 0.0491. The highest BCUT2D eigenvalue weighted by molar-refractivity contribution is 5.98. The Bertz CT molecular complexity index is 929. The van der Waals surface area contributed by atoms with Gasteiger partial charge in [-0.05, 0) is 30.2 Å². The van der Waals surface area contributed by atoms with E-state index in [4.69, 9.17) is 4.74 Å². The second-order valence-corrected chi connectivity index (χ2v) is 6.45. The zero-order chi connectivity index (χ0) is 20.0. The predicted molar refractivity (Wildman–Crippen MR) is 107 cm³/mol. The van der Waals surface area contributed by atoms with Gasteiger partial charge >= 0.3 is 12.1 Å². The molecule has 3 rings (SSSR count). The normalized spacial score (nSPS) is 12.6. The van der Waals surface area contributed by atoms with Gasteiger partial charge in [-0.15, -0.1) is 0 Å². The van der Waals surface area contributed by atoms with Crippen LogP contribution in [0.1, 0.15) is 18.1 Å². The maximum atomic E-state index is 13.1. The molecule has 1 amide bonds. The summed E-state index contributed by atoms with van der Waals surface area (Å²) in [4.78, 5) is 26.6. The number of carboxylic acid groups (broad SMARTS) is 1. The van der Waals surface area contributed by atoms with E-state index < -0.39 is 17.6 Å². The number of ether oxygens (including phenoxy) is 1. The zero-order valence-corrected chi connectivity index (χ0v) is 15.5. The van der Waals surface area contributed by atoms with E-state index in [2.05, 4.69) is 0 Å². The Kier molecular flexibility index (Phi) is 5.75. The highest BCUT2D eigenvalue weighted by Gasteiger charge is 2.46. The van der Waals surface area contributed by atoms with Gasteiger partial charge in [0.15, 0.2) is 5.54 Å². The summed E-state index contributed by atoms with van der Waals surface area (Å²) in [5, 5.41) is 10.1. The molecular formula is C23H21NO4. The van der Waals surface area contributed by atoms with E-state index in [1.54, 1.807) is 60.7 Å². The molecule has 5 nitrogen and oxygen atoms in total. The van der Waals surface area contributed by atoms with Crippen LogP contribution in [0.5, 0.6) is 0 Å². The summed E-state index contributed by atoms with van der Waals surface area (Å²) in [7, 11) is 0. The molecule has 0 aromatic heterocycles. The van der Waals surface area contributed by atoms with Crippen LogP contribution in [0.2, 0.25) is 0 Å². The van der Waals surface area contributed by atoms with E-state index in [9.17, 15) is 14.7 Å². The van der Waals surface area contributed by atoms with Crippen molar-refractivity contribution in [2.75, 3.05) is 4.90 Å². The number of anilines is 1. The largest absolute Gasteiger partial charge is 0.479 e. The smallest absolute Gasteiger partial charge is 0.415 e. The summed E-state index contributed by atoms with van der Waals surface area (Å²) < 4.78 is 5.49. The van der Waals surface area contributed by atoms with Crippen LogP contribution < -0.4 is 4.90 Å². The van der Waals surface area contributed by atoms with Gasteiger partial charge in [0.05, 0.1) is 0 Å². The van der Waals surface area contributed by atoms with Crippen molar-refractivity contribution < 1.29 is 19.4 Å². The highest BCUT2D eigenvalue weighted by atomic mass is 16.6. The average molecular weight is 375 g/mol. The Labute approximate surface area is 163 Å². The molecule has 0 aliphatic carbocycles. The summed E-state index contributed by atoms with van der Waals surface area (Å²) in [5.41, 5.74) is 0.0917. The molecule has 3 aromatic rings. The van der Waals surface area contributed by atoms with Crippen LogP contribution in [0.4, 0.5) is 10.5 Å². The Balaban J connectivity index is 2.01. The molecule has 0 spiro atoms. The summed E-state index contributed by atoms with van der Waals surface area (Å²) >= 11 is 0. The van der Waals surface area contributed by atoms with Crippen molar-refractivity contribution in [1.29, 1.82) is 0 Å². The van der Waals surface area contributed by atoms with Crippen LogP contribution in [-0.4, -0.2) is 17.2 Å². The lowest BCUT2D eigenvalue weighted by Crippen LogP contribution is -2.53. The first-order valence-electron chi connectivity index (χ1n) is 8.88. The lowest BCUT2D eigenvalue weighted by atomic mass is 9.89. The van der Waals surface area contributed by atoms with Crippen molar-refractivity contribution in [2.24, 2.45) is 0 Å². The maximum Gasteiger partial charge on any atom is 0.415 e. The van der Waals surface area contributed by atoms with E-state index in [1.807, 2.05) is 30.3 Å². The first-order chi connectivity index (χ1) is 13.5. The number of hydrogen-bond donors (Lipinski definition) is 1. The Morgan fingerprint density at radius 2 is 1.36 bits per heavy atom. The minimum Gasteiger partial charge on any atom is -0.479 e. The molecule has 28 heavy (non-hydrogen) atoms. The first-order valence-corrected chi connectivity index (χ1v) is 8.88. The molecule has 142 valence electrons. The molecule has 3 aromatic carbocycles. The van der Waals surface area contributed by atoms with Crippen molar-refractivity contribution in [3.8, 4) is 0 Å². The quantitative estimate of drug-likeness (QED) is 0.670. The lowest BCUT2D eigenvalue weighted by Gasteiger charge is -2.37. The number of amides is 1. The van der Waals surface area contributed by atoms with Crippen LogP contribution in [0.15, 0.2) is 91.0 Å². The van der Waals surface area contributed by atoms with Gasteiger partial charge in [-0.2, -0.15) is 0 Å². The average Bonchev–Trinajstić information content (AvgIpc) is 2.74. The fourth-order valence-electron chi connectivity index (χ4n) is 3.02. The Hall–Kier alpha value is -3.60. The van der Waals surface area contributed by atoms with Gasteiger partial charge in [-0.3, -0.25) is 4.90 Å². The second kappa shape index (κ2) is 8.39. The van der Waals surface area contributed by atoms with Gasteiger partial charge in [0.2, 0.25) is 0 Å². The first kappa shape index (κ1) is 19.2. The van der Waals surface area contributed by atoms with Crippen molar-refractivity contribution in [1.82, 2.24) is 0 Å². The highest BCUT2D eigenvalue weighted by Crippen LogP contribution is 2.34. The number of rotatable bonds is 6. The zero-order valence-electron chi connectivity index (χ0n) is 15.5. The topological polar surface area (TPSA) is 66.8 Å². The molecule has 0 bridgehead atoms. The Morgan fingerprint density at radius 3 is 1.89 bits per heavy atom. The molecule has 0 fully saturated rings. The van der Waals surface area contributed by atoms with E-state index in [0.717, 1.165) is 5.56 Å². The van der Waals surface area contributed by atoms with Crippen LogP contribution in [0, 0.1) is 0 Å². The maximum absolute atomic E-state index is 13.1. The summed E-state index contributed by atoms with van der Waals surface area (Å²) in [6.07, 6.45) is -0.733. The van der Waals surface area contributed by atoms with Crippen molar-refractivity contribution >= 4 is 17.7 Å². The van der Waals surface area contributed by atoms with Crippen LogP contribution in [0.3, 0.4) is 0 Å². The van der Waals surface area contributed by atoms with Crippen molar-refractivity contribution in [3.63, 3.8) is 0 Å². The van der Waals surface area contributed by atoms with Gasteiger partial charge in [-0.25, -0.2) is 9.59 Å². The third kappa shape index (κ3) is 3.88. The van der Waals surface area contributed by atoms with Crippen molar-refractivity contribution in [3.05, 3.63) is 102 Å². The molecule has 0 radical (unpaired) electrons. The number of carboxylic acids is 1. The van der Waals surface area contributed by atoms with Gasteiger partial charge in [0.25, 0.3) is 0 Å². The lowest BCUT2D eigenvalue weighted by molar-refractivity contribution is -0.143. The fraction of sp³-hybridized carbons (Fsp3) is 0.130. The number of aliphatic carboxylic acids is 1. The van der Waals surface area contributed by atoms with Crippen LogP contribution in [0.25, 0.3) is 0 Å². The third-order valence-corrected chi connectivity index (χ3v) is 4.60. The van der Waals surface area contributed by atoms with Gasteiger partial charge in [0.1, 0.15) is 6.61 Å².